The first kappa shape index (κ1) is 10.8. The monoisotopic (exact) mass is 282 g/mol. The Morgan fingerprint density at radius 2 is 2.13 bits per heavy atom. The van der Waals surface area contributed by atoms with E-state index in [9.17, 15) is 0 Å². The average molecular weight is 283 g/mol. The highest BCUT2D eigenvalue weighted by molar-refractivity contribution is 9.10. The molecule has 2 nitrogen and oxygen atoms in total. The Kier molecular flexibility index (Phi) is 3.88. The Morgan fingerprint density at radius 3 is 2.87 bits per heavy atom. The first-order valence-corrected chi connectivity index (χ1v) is 6.36. The van der Waals surface area contributed by atoms with Crippen LogP contribution in [0.15, 0.2) is 40.3 Å². The van der Waals surface area contributed by atoms with E-state index in [1.54, 1.807) is 11.3 Å². The molecule has 0 aliphatic rings. The van der Waals surface area contributed by atoms with Crippen LogP contribution in [0.4, 0.5) is 0 Å². The molecule has 0 bridgehead atoms. The largest absolute Gasteiger partial charge is 0.306 e. The van der Waals surface area contributed by atoms with Gasteiger partial charge >= 0.3 is 0 Å². The SMILES string of the molecule is Brc1cccc(CNCc2cccs2)n1. The summed E-state index contributed by atoms with van der Waals surface area (Å²) in [6.45, 7) is 1.71. The van der Waals surface area contributed by atoms with Gasteiger partial charge in [-0.05, 0) is 39.5 Å². The number of hydrogen-bond acceptors (Lipinski definition) is 3. The van der Waals surface area contributed by atoms with Crippen LogP contribution in [0.5, 0.6) is 0 Å². The van der Waals surface area contributed by atoms with Gasteiger partial charge in [0.15, 0.2) is 0 Å². The number of thiophene rings is 1. The van der Waals surface area contributed by atoms with Gasteiger partial charge in [-0.25, -0.2) is 4.98 Å². The van der Waals surface area contributed by atoms with Crippen LogP contribution in [0.2, 0.25) is 0 Å². The first-order valence-electron chi connectivity index (χ1n) is 4.69. The summed E-state index contributed by atoms with van der Waals surface area (Å²) in [7, 11) is 0. The molecule has 0 saturated carbocycles. The van der Waals surface area contributed by atoms with Crippen molar-refractivity contribution in [2.75, 3.05) is 0 Å². The van der Waals surface area contributed by atoms with Crippen LogP contribution in [0.3, 0.4) is 0 Å². The van der Waals surface area contributed by atoms with E-state index in [2.05, 4.69) is 43.7 Å². The molecule has 0 aliphatic carbocycles. The lowest BCUT2D eigenvalue weighted by Crippen LogP contribution is -2.12. The standard InChI is InChI=1S/C11H11BrN2S/c12-11-5-1-3-9(14-11)7-13-8-10-4-2-6-15-10/h1-6,13H,7-8H2. The summed E-state index contributed by atoms with van der Waals surface area (Å²) in [4.78, 5) is 5.70. The Balaban J connectivity index is 1.83. The number of pyridine rings is 1. The minimum atomic E-state index is 0.803. The molecule has 4 heteroatoms. The summed E-state index contributed by atoms with van der Waals surface area (Å²) in [6.07, 6.45) is 0. The molecule has 2 aromatic rings. The number of aromatic nitrogens is 1. The van der Waals surface area contributed by atoms with Gasteiger partial charge in [0.1, 0.15) is 4.60 Å². The van der Waals surface area contributed by atoms with Crippen molar-refractivity contribution in [1.29, 1.82) is 0 Å². The smallest absolute Gasteiger partial charge is 0.106 e. The van der Waals surface area contributed by atoms with Crippen LogP contribution >= 0.6 is 27.3 Å². The quantitative estimate of drug-likeness (QED) is 0.872. The van der Waals surface area contributed by atoms with E-state index in [4.69, 9.17) is 0 Å². The lowest BCUT2D eigenvalue weighted by Gasteiger charge is -2.02. The number of halogens is 1. The fraction of sp³-hybridized carbons (Fsp3) is 0.182. The number of hydrogen-bond donors (Lipinski definition) is 1. The zero-order valence-electron chi connectivity index (χ0n) is 8.11. The van der Waals surface area contributed by atoms with Crippen LogP contribution in [0.1, 0.15) is 10.6 Å². The minimum Gasteiger partial charge on any atom is -0.306 e. The molecule has 2 aromatic heterocycles. The van der Waals surface area contributed by atoms with Crippen molar-refractivity contribution in [3.63, 3.8) is 0 Å². The van der Waals surface area contributed by atoms with E-state index < -0.39 is 0 Å². The Bertz CT molecular complexity index is 414. The van der Waals surface area contributed by atoms with Crippen molar-refractivity contribution in [3.8, 4) is 0 Å². The molecule has 15 heavy (non-hydrogen) atoms. The highest BCUT2D eigenvalue weighted by Gasteiger charge is 1.96. The maximum Gasteiger partial charge on any atom is 0.106 e. The van der Waals surface area contributed by atoms with Crippen molar-refractivity contribution in [2.45, 2.75) is 13.1 Å². The van der Waals surface area contributed by atoms with Gasteiger partial charge in [0.25, 0.3) is 0 Å². The molecule has 0 amide bonds. The molecule has 2 heterocycles. The second-order valence-electron chi connectivity index (χ2n) is 3.13. The van der Waals surface area contributed by atoms with Gasteiger partial charge in [-0.2, -0.15) is 0 Å². The van der Waals surface area contributed by atoms with E-state index >= 15 is 0 Å². The topological polar surface area (TPSA) is 24.9 Å². The van der Waals surface area contributed by atoms with E-state index in [1.165, 1.54) is 4.88 Å². The third-order valence-electron chi connectivity index (χ3n) is 1.96. The fourth-order valence-electron chi connectivity index (χ4n) is 1.28. The summed E-state index contributed by atoms with van der Waals surface area (Å²) >= 11 is 5.12. The molecular weight excluding hydrogens is 272 g/mol. The highest BCUT2D eigenvalue weighted by Crippen LogP contribution is 2.09. The molecular formula is C11H11BrN2S. The summed E-state index contributed by atoms with van der Waals surface area (Å²) < 4.78 is 0.887. The lowest BCUT2D eigenvalue weighted by atomic mass is 10.3. The summed E-state index contributed by atoms with van der Waals surface area (Å²) in [5, 5.41) is 5.45. The van der Waals surface area contributed by atoms with Gasteiger partial charge in [0, 0.05) is 18.0 Å². The van der Waals surface area contributed by atoms with Gasteiger partial charge in [0.2, 0.25) is 0 Å². The van der Waals surface area contributed by atoms with Gasteiger partial charge in [0.05, 0.1) is 5.69 Å². The minimum absolute atomic E-state index is 0.803. The molecule has 0 aliphatic heterocycles. The van der Waals surface area contributed by atoms with E-state index in [0.29, 0.717) is 0 Å². The number of nitrogens with one attached hydrogen (secondary N) is 1. The van der Waals surface area contributed by atoms with Crippen molar-refractivity contribution in [2.24, 2.45) is 0 Å². The Labute approximate surface area is 101 Å². The fourth-order valence-corrected chi connectivity index (χ4v) is 2.33. The number of nitrogens with zero attached hydrogens (tertiary/aromatic N) is 1. The zero-order valence-corrected chi connectivity index (χ0v) is 10.5. The molecule has 0 aromatic carbocycles. The molecule has 0 radical (unpaired) electrons. The van der Waals surface area contributed by atoms with Crippen molar-refractivity contribution < 1.29 is 0 Å². The first-order chi connectivity index (χ1) is 7.34. The van der Waals surface area contributed by atoms with Crippen LogP contribution in [-0.2, 0) is 13.1 Å². The van der Waals surface area contributed by atoms with Crippen molar-refractivity contribution in [3.05, 3.63) is 50.9 Å². The van der Waals surface area contributed by atoms with Gasteiger partial charge in [-0.3, -0.25) is 0 Å². The van der Waals surface area contributed by atoms with Gasteiger partial charge < -0.3 is 5.32 Å². The summed E-state index contributed by atoms with van der Waals surface area (Å²) in [5.41, 5.74) is 1.06. The van der Waals surface area contributed by atoms with Crippen LogP contribution in [-0.4, -0.2) is 4.98 Å². The second-order valence-corrected chi connectivity index (χ2v) is 4.98. The zero-order chi connectivity index (χ0) is 10.5. The molecule has 0 unspecified atom stereocenters. The van der Waals surface area contributed by atoms with E-state index in [0.717, 1.165) is 23.4 Å². The normalized spacial score (nSPS) is 10.5. The Hall–Kier alpha value is -0.710. The van der Waals surface area contributed by atoms with E-state index in [-0.39, 0.29) is 0 Å². The Morgan fingerprint density at radius 1 is 1.20 bits per heavy atom. The summed E-state index contributed by atoms with van der Waals surface area (Å²) in [5.74, 6) is 0. The van der Waals surface area contributed by atoms with Crippen molar-refractivity contribution in [1.82, 2.24) is 10.3 Å². The van der Waals surface area contributed by atoms with Gasteiger partial charge in [-0.1, -0.05) is 12.1 Å². The summed E-state index contributed by atoms with van der Waals surface area (Å²) in [6, 6.07) is 10.2. The second kappa shape index (κ2) is 5.39. The van der Waals surface area contributed by atoms with Crippen LogP contribution in [0.25, 0.3) is 0 Å². The van der Waals surface area contributed by atoms with Crippen LogP contribution < -0.4 is 5.32 Å². The molecule has 78 valence electrons. The van der Waals surface area contributed by atoms with Crippen molar-refractivity contribution >= 4 is 27.3 Å². The lowest BCUT2D eigenvalue weighted by molar-refractivity contribution is 0.685. The molecule has 0 spiro atoms. The van der Waals surface area contributed by atoms with Crippen LogP contribution in [0, 0.1) is 0 Å². The molecule has 1 N–H and O–H groups in total. The maximum absolute atomic E-state index is 4.35. The predicted octanol–water partition coefficient (Wildman–Crippen LogP) is 3.20. The predicted molar refractivity (Wildman–Crippen MR) is 66.8 cm³/mol. The average Bonchev–Trinajstić information content (AvgIpc) is 2.71. The molecule has 0 saturated heterocycles. The highest BCUT2D eigenvalue weighted by atomic mass is 79.9. The third-order valence-corrected chi connectivity index (χ3v) is 3.28. The third kappa shape index (κ3) is 3.41. The van der Waals surface area contributed by atoms with Gasteiger partial charge in [-0.15, -0.1) is 11.3 Å². The molecule has 2 rings (SSSR count). The number of rotatable bonds is 4. The maximum atomic E-state index is 4.35. The molecule has 0 fully saturated rings. The van der Waals surface area contributed by atoms with E-state index in [1.807, 2.05) is 18.2 Å². The molecule has 0 atom stereocenters.